The van der Waals surface area contributed by atoms with Gasteiger partial charge in [-0.3, -0.25) is 14.3 Å². The van der Waals surface area contributed by atoms with Crippen LogP contribution in [0.15, 0.2) is 46.1 Å². The minimum absolute atomic E-state index is 0.0842. The molecule has 3 aromatic heterocycles. The zero-order valence-electron chi connectivity index (χ0n) is 21.0. The van der Waals surface area contributed by atoms with Crippen LogP contribution in [0.1, 0.15) is 43.3 Å². The summed E-state index contributed by atoms with van der Waals surface area (Å²) < 4.78 is 20.5. The fourth-order valence-electron chi connectivity index (χ4n) is 3.39. The van der Waals surface area contributed by atoms with Crippen LogP contribution in [0.2, 0.25) is 10.0 Å². The molecule has 0 saturated carbocycles. The maximum atomic E-state index is 13.3. The third kappa shape index (κ3) is 5.94. The van der Waals surface area contributed by atoms with E-state index in [0.29, 0.717) is 34.2 Å². The number of hydrogen-bond donors (Lipinski definition) is 1. The minimum atomic E-state index is -0.555. The van der Waals surface area contributed by atoms with Crippen molar-refractivity contribution in [1.29, 1.82) is 0 Å². The van der Waals surface area contributed by atoms with E-state index in [2.05, 4.69) is 15.0 Å². The first kappa shape index (κ1) is 27.4. The van der Waals surface area contributed by atoms with Gasteiger partial charge in [-0.05, 0) is 38.5 Å². The molecule has 10 heteroatoms. The molecule has 0 amide bonds. The van der Waals surface area contributed by atoms with Gasteiger partial charge in [0.1, 0.15) is 23.2 Å². The first-order valence-corrected chi connectivity index (χ1v) is 11.9. The molecule has 0 unspecified atom stereocenters. The number of allylic oxidation sites excluding steroid dienone is 2. The molecule has 36 heavy (non-hydrogen) atoms. The van der Waals surface area contributed by atoms with Gasteiger partial charge in [0.25, 0.3) is 5.56 Å². The second-order valence-electron chi connectivity index (χ2n) is 9.36. The van der Waals surface area contributed by atoms with Crippen LogP contribution in [0.3, 0.4) is 0 Å². The molecule has 0 radical (unpaired) electrons. The second-order valence-corrected chi connectivity index (χ2v) is 10.1. The molecule has 0 fully saturated rings. The van der Waals surface area contributed by atoms with E-state index in [1.165, 1.54) is 4.57 Å². The molecule has 190 valence electrons. The molecule has 0 saturated heterocycles. The smallest absolute Gasteiger partial charge is 0.277 e. The summed E-state index contributed by atoms with van der Waals surface area (Å²) in [6, 6.07) is 2.79. The molecule has 3 heterocycles. The summed E-state index contributed by atoms with van der Waals surface area (Å²) in [5.41, 5.74) is 9.14. The maximum absolute atomic E-state index is 13.3. The van der Waals surface area contributed by atoms with Gasteiger partial charge in [-0.2, -0.15) is 0 Å². The molecule has 7 nitrogen and oxygen atoms in total. The van der Waals surface area contributed by atoms with Gasteiger partial charge < -0.3 is 10.5 Å². The molecule has 0 aliphatic heterocycles. The topological polar surface area (TPSA) is 95.4 Å². The second kappa shape index (κ2) is 10.8. The predicted octanol–water partition coefficient (Wildman–Crippen LogP) is 6.17. The molecule has 2 N–H and O–H groups in total. The molecular weight excluding hydrogens is 504 g/mol. The SMILES string of the molecule is Cc1cnc(N=CC=C(N)C(C)(C)C)c(C)c1-n1c(C)cc(OCc2ncc(F)cc2Cl)c(Cl)c1=O. The molecule has 3 aromatic rings. The number of aliphatic imine (C=N–C) groups is 1. The zero-order valence-corrected chi connectivity index (χ0v) is 22.5. The van der Waals surface area contributed by atoms with E-state index < -0.39 is 11.4 Å². The van der Waals surface area contributed by atoms with Crippen molar-refractivity contribution in [3.8, 4) is 11.4 Å². The first-order valence-electron chi connectivity index (χ1n) is 11.1. The van der Waals surface area contributed by atoms with Crippen molar-refractivity contribution < 1.29 is 9.13 Å². The number of nitrogens with zero attached hydrogens (tertiary/aromatic N) is 4. The summed E-state index contributed by atoms with van der Waals surface area (Å²) in [6.07, 6.45) is 6.03. The van der Waals surface area contributed by atoms with Crippen molar-refractivity contribution in [1.82, 2.24) is 14.5 Å². The minimum Gasteiger partial charge on any atom is -0.485 e. The first-order chi connectivity index (χ1) is 16.8. The number of hydrogen-bond acceptors (Lipinski definition) is 6. The molecule has 0 aromatic carbocycles. The Kier molecular flexibility index (Phi) is 8.21. The summed E-state index contributed by atoms with van der Waals surface area (Å²) in [5, 5.41) is 0.00629. The van der Waals surface area contributed by atoms with E-state index in [4.69, 9.17) is 33.7 Å². The highest BCUT2D eigenvalue weighted by Gasteiger charge is 2.19. The van der Waals surface area contributed by atoms with E-state index in [1.807, 2.05) is 34.6 Å². The van der Waals surface area contributed by atoms with Crippen molar-refractivity contribution in [2.45, 2.75) is 48.1 Å². The Morgan fingerprint density at radius 1 is 1.19 bits per heavy atom. The van der Waals surface area contributed by atoms with Crippen molar-refractivity contribution in [3.63, 3.8) is 0 Å². The van der Waals surface area contributed by atoms with Gasteiger partial charge in [0.05, 0.1) is 22.6 Å². The summed E-state index contributed by atoms with van der Waals surface area (Å²) in [4.78, 5) is 26.1. The molecular formula is C26H28Cl2FN5O2. The highest BCUT2D eigenvalue weighted by atomic mass is 35.5. The van der Waals surface area contributed by atoms with Crippen LogP contribution in [0, 0.1) is 32.0 Å². The monoisotopic (exact) mass is 531 g/mol. The highest BCUT2D eigenvalue weighted by molar-refractivity contribution is 6.32. The van der Waals surface area contributed by atoms with Crippen molar-refractivity contribution >= 4 is 35.2 Å². The van der Waals surface area contributed by atoms with Crippen molar-refractivity contribution in [3.05, 3.63) is 85.0 Å². The van der Waals surface area contributed by atoms with Gasteiger partial charge in [0, 0.05) is 40.8 Å². The zero-order chi connectivity index (χ0) is 26.8. The normalized spacial score (nSPS) is 12.4. The van der Waals surface area contributed by atoms with Crippen LogP contribution in [-0.4, -0.2) is 20.7 Å². The molecule has 0 bridgehead atoms. The summed E-state index contributed by atoms with van der Waals surface area (Å²) in [7, 11) is 0. The molecule has 3 rings (SSSR count). The van der Waals surface area contributed by atoms with Gasteiger partial charge >= 0.3 is 0 Å². The largest absolute Gasteiger partial charge is 0.485 e. The number of halogens is 3. The Hall–Kier alpha value is -3.23. The van der Waals surface area contributed by atoms with Crippen LogP contribution in [-0.2, 0) is 6.61 Å². The molecule has 0 aliphatic rings. The lowest BCUT2D eigenvalue weighted by Crippen LogP contribution is -2.23. The Bertz CT molecular complexity index is 1430. The van der Waals surface area contributed by atoms with E-state index in [1.54, 1.807) is 31.5 Å². The Morgan fingerprint density at radius 2 is 1.89 bits per heavy atom. The van der Waals surface area contributed by atoms with Crippen molar-refractivity contribution in [2.24, 2.45) is 16.1 Å². The van der Waals surface area contributed by atoms with E-state index >= 15 is 0 Å². The Balaban J connectivity index is 1.99. The maximum Gasteiger partial charge on any atom is 0.277 e. The van der Waals surface area contributed by atoms with Crippen LogP contribution < -0.4 is 16.0 Å². The fraction of sp³-hybridized carbons (Fsp3) is 0.308. The quantitative estimate of drug-likeness (QED) is 0.383. The third-order valence-corrected chi connectivity index (χ3v) is 6.21. The summed E-state index contributed by atoms with van der Waals surface area (Å²) >= 11 is 12.4. The fourth-order valence-corrected chi connectivity index (χ4v) is 3.79. The van der Waals surface area contributed by atoms with Crippen LogP contribution >= 0.6 is 23.2 Å². The lowest BCUT2D eigenvalue weighted by atomic mass is 9.92. The lowest BCUT2D eigenvalue weighted by Gasteiger charge is -2.19. The number of pyridine rings is 3. The average molecular weight is 532 g/mol. The van der Waals surface area contributed by atoms with E-state index in [0.717, 1.165) is 17.8 Å². The highest BCUT2D eigenvalue weighted by Crippen LogP contribution is 2.30. The lowest BCUT2D eigenvalue weighted by molar-refractivity contribution is 0.300. The number of nitrogens with two attached hydrogens (primary N) is 1. The summed E-state index contributed by atoms with van der Waals surface area (Å²) in [6.45, 7) is 11.4. The van der Waals surface area contributed by atoms with Gasteiger partial charge in [-0.15, -0.1) is 0 Å². The molecule has 0 aliphatic carbocycles. The average Bonchev–Trinajstić information content (AvgIpc) is 2.79. The number of rotatable bonds is 6. The van der Waals surface area contributed by atoms with Crippen molar-refractivity contribution in [2.75, 3.05) is 0 Å². The van der Waals surface area contributed by atoms with Gasteiger partial charge in [0.15, 0.2) is 5.82 Å². The summed E-state index contributed by atoms with van der Waals surface area (Å²) in [5.74, 6) is 0.0667. The molecule has 0 atom stereocenters. The number of ether oxygens (including phenoxy) is 1. The standard InChI is InChI=1S/C26H28Cl2FN5O2/c1-14-11-33-24(31-8-7-21(30)26(4,5)6)16(3)23(14)34-15(2)9-20(22(28)25(34)35)36-13-19-18(27)10-17(29)12-32-19/h7-12H,13,30H2,1-6H3. The van der Waals surface area contributed by atoms with Crippen LogP contribution in [0.4, 0.5) is 10.2 Å². The van der Waals surface area contributed by atoms with Gasteiger partial charge in [-0.1, -0.05) is 44.0 Å². The van der Waals surface area contributed by atoms with Gasteiger partial charge in [0.2, 0.25) is 0 Å². The predicted molar refractivity (Wildman–Crippen MR) is 142 cm³/mol. The van der Waals surface area contributed by atoms with Crippen LogP contribution in [0.25, 0.3) is 5.69 Å². The Labute approximate surface area is 219 Å². The van der Waals surface area contributed by atoms with E-state index in [-0.39, 0.29) is 27.8 Å². The number of aromatic nitrogens is 3. The van der Waals surface area contributed by atoms with Gasteiger partial charge in [-0.25, -0.2) is 14.4 Å². The third-order valence-electron chi connectivity index (χ3n) is 5.53. The Morgan fingerprint density at radius 3 is 2.53 bits per heavy atom. The number of aryl methyl sites for hydroxylation is 2. The molecule has 0 spiro atoms. The van der Waals surface area contributed by atoms with Crippen LogP contribution in [0.5, 0.6) is 5.75 Å². The van der Waals surface area contributed by atoms with E-state index in [9.17, 15) is 9.18 Å².